The Labute approximate surface area is 113 Å². The van der Waals surface area contributed by atoms with E-state index >= 15 is 0 Å². The minimum atomic E-state index is 0.397. The highest BCUT2D eigenvalue weighted by Gasteiger charge is 2.24. The Morgan fingerprint density at radius 3 is 2.79 bits per heavy atom. The number of aryl methyl sites for hydroxylation is 1. The highest BCUT2D eigenvalue weighted by Crippen LogP contribution is 2.29. The molecule has 1 aliphatic rings. The molecule has 1 fully saturated rings. The minimum Gasteiger partial charge on any atom is -0.350 e. The lowest BCUT2D eigenvalue weighted by Crippen LogP contribution is -2.44. The predicted molar refractivity (Wildman–Crippen MR) is 78.3 cm³/mol. The van der Waals surface area contributed by atoms with E-state index in [1.165, 1.54) is 23.6 Å². The zero-order chi connectivity index (χ0) is 13.2. The van der Waals surface area contributed by atoms with Crippen molar-refractivity contribution in [1.29, 1.82) is 0 Å². The first-order valence-corrected chi connectivity index (χ1v) is 7.00. The number of fused-ring (bicyclic) bond motifs is 1. The maximum absolute atomic E-state index is 5.92. The molecule has 2 heterocycles. The lowest BCUT2D eigenvalue weighted by atomic mass is 10.0. The van der Waals surface area contributed by atoms with Crippen molar-refractivity contribution in [3.05, 3.63) is 30.0 Å². The summed E-state index contributed by atoms with van der Waals surface area (Å²) in [6.45, 7) is 3.73. The summed E-state index contributed by atoms with van der Waals surface area (Å²) in [5.74, 6) is 0.997. The molecular weight excluding hydrogens is 236 g/mol. The summed E-state index contributed by atoms with van der Waals surface area (Å²) in [4.78, 5) is 2.35. The van der Waals surface area contributed by atoms with Gasteiger partial charge >= 0.3 is 0 Å². The minimum absolute atomic E-state index is 0.397. The normalized spacial score (nSPS) is 19.9. The van der Waals surface area contributed by atoms with Gasteiger partial charge in [0, 0.05) is 29.9 Å². The molecule has 0 aliphatic carbocycles. The molecule has 1 atom stereocenters. The summed E-state index contributed by atoms with van der Waals surface area (Å²) in [5, 5.41) is 11.1. The van der Waals surface area contributed by atoms with Crippen molar-refractivity contribution in [3.63, 3.8) is 0 Å². The molecular formula is C15H20N4. The van der Waals surface area contributed by atoms with Crippen molar-refractivity contribution in [3.8, 4) is 0 Å². The third-order valence-corrected chi connectivity index (χ3v) is 4.02. The summed E-state index contributed by atoms with van der Waals surface area (Å²) < 4.78 is 0. The van der Waals surface area contributed by atoms with Gasteiger partial charge in [-0.25, -0.2) is 0 Å². The second-order valence-corrected chi connectivity index (χ2v) is 5.23. The number of nitrogens with two attached hydrogens (primary N) is 1. The molecule has 0 amide bonds. The zero-order valence-corrected chi connectivity index (χ0v) is 11.3. The average molecular weight is 256 g/mol. The lowest BCUT2D eigenvalue weighted by Gasteiger charge is -2.36. The van der Waals surface area contributed by atoms with Crippen LogP contribution in [-0.4, -0.2) is 29.3 Å². The van der Waals surface area contributed by atoms with Crippen LogP contribution in [0.15, 0.2) is 24.3 Å². The Balaban J connectivity index is 2.11. The van der Waals surface area contributed by atoms with Crippen LogP contribution in [0.4, 0.5) is 5.82 Å². The molecule has 2 N–H and O–H groups in total. The van der Waals surface area contributed by atoms with Gasteiger partial charge in [-0.3, -0.25) is 0 Å². The van der Waals surface area contributed by atoms with E-state index < -0.39 is 0 Å². The maximum Gasteiger partial charge on any atom is 0.159 e. The van der Waals surface area contributed by atoms with Crippen LogP contribution in [0.1, 0.15) is 25.0 Å². The molecule has 1 aromatic heterocycles. The first kappa shape index (κ1) is 12.4. The number of anilines is 1. The summed E-state index contributed by atoms with van der Waals surface area (Å²) in [5.41, 5.74) is 6.90. The Morgan fingerprint density at radius 2 is 2.00 bits per heavy atom. The van der Waals surface area contributed by atoms with Crippen LogP contribution in [0.2, 0.25) is 0 Å². The number of rotatable bonds is 2. The molecule has 0 radical (unpaired) electrons. The van der Waals surface area contributed by atoms with Crippen molar-refractivity contribution in [2.45, 2.75) is 32.2 Å². The fourth-order valence-electron chi connectivity index (χ4n) is 2.96. The number of hydrogen-bond acceptors (Lipinski definition) is 4. The number of aromatic nitrogens is 2. The van der Waals surface area contributed by atoms with Gasteiger partial charge in [0.1, 0.15) is 0 Å². The van der Waals surface area contributed by atoms with E-state index in [9.17, 15) is 0 Å². The van der Waals surface area contributed by atoms with E-state index in [4.69, 9.17) is 5.73 Å². The Kier molecular flexibility index (Phi) is 3.34. The second kappa shape index (κ2) is 5.13. The Hall–Kier alpha value is -1.68. The van der Waals surface area contributed by atoms with Crippen LogP contribution < -0.4 is 10.6 Å². The Morgan fingerprint density at radius 1 is 1.21 bits per heavy atom. The van der Waals surface area contributed by atoms with Crippen molar-refractivity contribution < 1.29 is 0 Å². The monoisotopic (exact) mass is 256 g/mol. The van der Waals surface area contributed by atoms with E-state index in [1.54, 1.807) is 0 Å². The topological polar surface area (TPSA) is 55.0 Å². The van der Waals surface area contributed by atoms with Crippen LogP contribution in [0.3, 0.4) is 0 Å². The molecule has 1 saturated heterocycles. The summed E-state index contributed by atoms with van der Waals surface area (Å²) in [6.07, 6.45) is 3.62. The fraction of sp³-hybridized carbons (Fsp3) is 0.467. The molecule has 4 nitrogen and oxygen atoms in total. The molecule has 3 rings (SSSR count). The third kappa shape index (κ3) is 2.16. The van der Waals surface area contributed by atoms with Crippen LogP contribution >= 0.6 is 0 Å². The SMILES string of the molecule is Cc1nnc(N2CCCCC2CN)c2ccccc12. The first-order valence-electron chi connectivity index (χ1n) is 7.00. The van der Waals surface area contributed by atoms with Gasteiger partial charge in [0.2, 0.25) is 0 Å². The van der Waals surface area contributed by atoms with Gasteiger partial charge in [-0.15, -0.1) is 5.10 Å². The van der Waals surface area contributed by atoms with Crippen LogP contribution in [0.5, 0.6) is 0 Å². The van der Waals surface area contributed by atoms with E-state index in [1.807, 2.05) is 6.92 Å². The molecule has 1 unspecified atom stereocenters. The summed E-state index contributed by atoms with van der Waals surface area (Å²) in [7, 11) is 0. The number of hydrogen-bond donors (Lipinski definition) is 1. The second-order valence-electron chi connectivity index (χ2n) is 5.23. The first-order chi connectivity index (χ1) is 9.31. The molecule has 0 saturated carbocycles. The van der Waals surface area contributed by atoms with Crippen LogP contribution in [0.25, 0.3) is 10.8 Å². The van der Waals surface area contributed by atoms with Gasteiger partial charge in [-0.05, 0) is 26.2 Å². The predicted octanol–water partition coefficient (Wildman–Crippen LogP) is 2.26. The summed E-state index contributed by atoms with van der Waals surface area (Å²) in [6, 6.07) is 8.76. The van der Waals surface area contributed by atoms with Crippen molar-refractivity contribution in [2.75, 3.05) is 18.0 Å². The number of benzene rings is 1. The van der Waals surface area contributed by atoms with Gasteiger partial charge in [-0.1, -0.05) is 24.3 Å². The van der Waals surface area contributed by atoms with E-state index in [0.717, 1.165) is 24.5 Å². The van der Waals surface area contributed by atoms with Crippen molar-refractivity contribution in [1.82, 2.24) is 10.2 Å². The highest BCUT2D eigenvalue weighted by molar-refractivity contribution is 5.93. The van der Waals surface area contributed by atoms with Gasteiger partial charge in [0.05, 0.1) is 5.69 Å². The molecule has 1 aromatic carbocycles. The standard InChI is InChI=1S/C15H20N4/c1-11-13-7-2-3-8-14(13)15(18-17-11)19-9-5-4-6-12(19)10-16/h2-3,7-8,12H,4-6,9-10,16H2,1H3. The quantitative estimate of drug-likeness (QED) is 0.895. The van der Waals surface area contributed by atoms with Gasteiger partial charge in [0.25, 0.3) is 0 Å². The largest absolute Gasteiger partial charge is 0.350 e. The lowest BCUT2D eigenvalue weighted by molar-refractivity contribution is 0.462. The molecule has 1 aliphatic heterocycles. The smallest absolute Gasteiger partial charge is 0.159 e. The van der Waals surface area contributed by atoms with Crippen LogP contribution in [-0.2, 0) is 0 Å². The van der Waals surface area contributed by atoms with Crippen LogP contribution in [0, 0.1) is 6.92 Å². The Bertz CT molecular complexity index is 581. The maximum atomic E-state index is 5.92. The average Bonchev–Trinajstić information content (AvgIpc) is 2.48. The van der Waals surface area contributed by atoms with Gasteiger partial charge in [-0.2, -0.15) is 5.10 Å². The number of piperidine rings is 1. The number of nitrogens with zero attached hydrogens (tertiary/aromatic N) is 3. The van der Waals surface area contributed by atoms with E-state index in [-0.39, 0.29) is 0 Å². The molecule has 0 spiro atoms. The third-order valence-electron chi connectivity index (χ3n) is 4.02. The molecule has 4 heteroatoms. The van der Waals surface area contributed by atoms with Crippen molar-refractivity contribution in [2.24, 2.45) is 5.73 Å². The highest BCUT2D eigenvalue weighted by atomic mass is 15.3. The zero-order valence-electron chi connectivity index (χ0n) is 11.3. The fourth-order valence-corrected chi connectivity index (χ4v) is 2.96. The molecule has 2 aromatic rings. The van der Waals surface area contributed by atoms with Gasteiger partial charge < -0.3 is 10.6 Å². The van der Waals surface area contributed by atoms with Gasteiger partial charge in [0.15, 0.2) is 5.82 Å². The molecule has 0 bridgehead atoms. The van der Waals surface area contributed by atoms with Crippen molar-refractivity contribution >= 4 is 16.6 Å². The van der Waals surface area contributed by atoms with E-state index in [2.05, 4.69) is 39.4 Å². The molecule has 100 valence electrons. The summed E-state index contributed by atoms with van der Waals surface area (Å²) >= 11 is 0. The van der Waals surface area contributed by atoms with E-state index in [0.29, 0.717) is 12.6 Å². The molecule has 19 heavy (non-hydrogen) atoms.